The second-order valence-corrected chi connectivity index (χ2v) is 7.28. The fraction of sp³-hybridized carbons (Fsp3) is 0.167. The van der Waals surface area contributed by atoms with Gasteiger partial charge in [-0.2, -0.15) is 0 Å². The van der Waals surface area contributed by atoms with Gasteiger partial charge in [0.05, 0.1) is 13.0 Å². The SMILES string of the molecule is CN(C(=O)Cc1ccc(NC(=O)NCCOc2ccc(Cl)cc2)cc1)c1ccccc1. The molecule has 31 heavy (non-hydrogen) atoms. The van der Waals surface area contributed by atoms with Gasteiger partial charge in [0.1, 0.15) is 12.4 Å². The topological polar surface area (TPSA) is 70.7 Å². The van der Waals surface area contributed by atoms with Crippen molar-refractivity contribution in [3.05, 3.63) is 89.4 Å². The molecule has 3 aromatic carbocycles. The first-order chi connectivity index (χ1) is 15.0. The quantitative estimate of drug-likeness (QED) is 0.500. The lowest BCUT2D eigenvalue weighted by Crippen LogP contribution is -2.32. The van der Waals surface area contributed by atoms with Crippen LogP contribution in [-0.4, -0.2) is 32.1 Å². The summed E-state index contributed by atoms with van der Waals surface area (Å²) in [7, 11) is 1.76. The number of benzene rings is 3. The van der Waals surface area contributed by atoms with E-state index < -0.39 is 0 Å². The highest BCUT2D eigenvalue weighted by Gasteiger charge is 2.11. The van der Waals surface area contributed by atoms with Gasteiger partial charge in [-0.25, -0.2) is 4.79 Å². The number of anilines is 2. The van der Waals surface area contributed by atoms with Crippen LogP contribution in [0.3, 0.4) is 0 Å². The van der Waals surface area contributed by atoms with Gasteiger partial charge in [0.25, 0.3) is 0 Å². The molecule has 0 atom stereocenters. The lowest BCUT2D eigenvalue weighted by molar-refractivity contribution is -0.117. The zero-order valence-corrected chi connectivity index (χ0v) is 17.9. The van der Waals surface area contributed by atoms with E-state index in [0.717, 1.165) is 11.3 Å². The number of ether oxygens (including phenoxy) is 1. The van der Waals surface area contributed by atoms with E-state index in [0.29, 0.717) is 29.6 Å². The van der Waals surface area contributed by atoms with Gasteiger partial charge in [-0.1, -0.05) is 41.9 Å². The molecule has 160 valence electrons. The van der Waals surface area contributed by atoms with Crippen LogP contribution >= 0.6 is 11.6 Å². The summed E-state index contributed by atoms with van der Waals surface area (Å²) in [6, 6.07) is 23.4. The molecule has 0 aliphatic carbocycles. The van der Waals surface area contributed by atoms with Crippen molar-refractivity contribution in [2.24, 2.45) is 0 Å². The highest BCUT2D eigenvalue weighted by Crippen LogP contribution is 2.16. The summed E-state index contributed by atoms with van der Waals surface area (Å²) < 4.78 is 5.53. The van der Waals surface area contributed by atoms with Gasteiger partial charge in [0.2, 0.25) is 5.91 Å². The van der Waals surface area contributed by atoms with Crippen LogP contribution in [0.5, 0.6) is 5.75 Å². The maximum Gasteiger partial charge on any atom is 0.319 e. The maximum absolute atomic E-state index is 12.5. The zero-order chi connectivity index (χ0) is 22.1. The molecule has 0 unspecified atom stereocenters. The number of halogens is 1. The summed E-state index contributed by atoms with van der Waals surface area (Å²) in [6.07, 6.45) is 0.278. The van der Waals surface area contributed by atoms with Gasteiger partial charge < -0.3 is 20.3 Å². The fourth-order valence-corrected chi connectivity index (χ4v) is 2.96. The number of para-hydroxylation sites is 1. The molecule has 2 N–H and O–H groups in total. The number of amides is 3. The molecule has 0 saturated carbocycles. The summed E-state index contributed by atoms with van der Waals surface area (Å²) in [5.74, 6) is 0.681. The van der Waals surface area contributed by atoms with Crippen molar-refractivity contribution in [3.63, 3.8) is 0 Å². The third-order valence-corrected chi connectivity index (χ3v) is 4.81. The average molecular weight is 438 g/mol. The van der Waals surface area contributed by atoms with Crippen LogP contribution in [0.25, 0.3) is 0 Å². The van der Waals surface area contributed by atoms with Crippen molar-refractivity contribution >= 4 is 34.9 Å². The van der Waals surface area contributed by atoms with E-state index in [2.05, 4.69) is 10.6 Å². The van der Waals surface area contributed by atoms with Crippen molar-refractivity contribution in [1.82, 2.24) is 5.32 Å². The van der Waals surface area contributed by atoms with Crippen molar-refractivity contribution in [1.29, 1.82) is 0 Å². The third kappa shape index (κ3) is 7.04. The molecule has 0 spiro atoms. The molecular formula is C24H24ClN3O3. The number of nitrogens with zero attached hydrogens (tertiary/aromatic N) is 1. The molecule has 3 aromatic rings. The molecule has 6 nitrogen and oxygen atoms in total. The number of urea groups is 1. The molecule has 0 saturated heterocycles. The second-order valence-electron chi connectivity index (χ2n) is 6.85. The summed E-state index contributed by atoms with van der Waals surface area (Å²) in [5, 5.41) is 6.13. The first-order valence-electron chi connectivity index (χ1n) is 9.85. The Morgan fingerprint density at radius 3 is 2.29 bits per heavy atom. The Kier molecular flexibility index (Phi) is 7.90. The lowest BCUT2D eigenvalue weighted by Gasteiger charge is -2.17. The number of hydrogen-bond donors (Lipinski definition) is 2. The summed E-state index contributed by atoms with van der Waals surface area (Å²) in [6.45, 7) is 0.692. The Morgan fingerprint density at radius 1 is 0.935 bits per heavy atom. The van der Waals surface area contributed by atoms with E-state index in [9.17, 15) is 9.59 Å². The first-order valence-corrected chi connectivity index (χ1v) is 10.2. The van der Waals surface area contributed by atoms with Crippen LogP contribution in [0, 0.1) is 0 Å². The maximum atomic E-state index is 12.5. The van der Waals surface area contributed by atoms with Gasteiger partial charge in [-0.05, 0) is 54.1 Å². The monoisotopic (exact) mass is 437 g/mol. The van der Waals surface area contributed by atoms with Crippen molar-refractivity contribution < 1.29 is 14.3 Å². The summed E-state index contributed by atoms with van der Waals surface area (Å²) in [4.78, 5) is 26.1. The predicted octanol–water partition coefficient (Wildman–Crippen LogP) is 4.75. The minimum absolute atomic E-state index is 0.00894. The van der Waals surface area contributed by atoms with Crippen molar-refractivity contribution in [3.8, 4) is 5.75 Å². The standard InChI is InChI=1S/C24H24ClN3O3/c1-28(21-5-3-2-4-6-21)23(29)17-18-7-11-20(12-8-18)27-24(30)26-15-16-31-22-13-9-19(25)10-14-22/h2-14H,15-17H2,1H3,(H2,26,27,30). The molecular weight excluding hydrogens is 414 g/mol. The molecule has 0 fully saturated rings. The third-order valence-electron chi connectivity index (χ3n) is 4.55. The van der Waals surface area contributed by atoms with Crippen LogP contribution in [0.2, 0.25) is 5.02 Å². The van der Waals surface area contributed by atoms with Gasteiger partial charge in [0, 0.05) is 23.4 Å². The van der Waals surface area contributed by atoms with Gasteiger partial charge >= 0.3 is 6.03 Å². The van der Waals surface area contributed by atoms with Gasteiger partial charge in [-0.3, -0.25) is 4.79 Å². The van der Waals surface area contributed by atoms with Crippen molar-refractivity contribution in [2.75, 3.05) is 30.4 Å². The summed E-state index contributed by atoms with van der Waals surface area (Å²) in [5.41, 5.74) is 2.36. The van der Waals surface area contributed by atoms with E-state index in [-0.39, 0.29) is 18.4 Å². The Morgan fingerprint density at radius 2 is 1.61 bits per heavy atom. The number of likely N-dealkylation sites (N-methyl/N-ethyl adjacent to an activating group) is 1. The number of carbonyl (C=O) groups is 2. The number of carbonyl (C=O) groups excluding carboxylic acids is 2. The van der Waals surface area contributed by atoms with E-state index in [1.54, 1.807) is 48.3 Å². The minimum atomic E-state index is -0.327. The largest absolute Gasteiger partial charge is 0.492 e. The molecule has 3 amide bonds. The summed E-state index contributed by atoms with van der Waals surface area (Å²) >= 11 is 5.83. The molecule has 3 rings (SSSR count). The Hall–Kier alpha value is -3.51. The van der Waals surface area contributed by atoms with Gasteiger partial charge in [-0.15, -0.1) is 0 Å². The van der Waals surface area contributed by atoms with Gasteiger partial charge in [0.15, 0.2) is 0 Å². The number of hydrogen-bond acceptors (Lipinski definition) is 3. The van der Waals surface area contributed by atoms with Crippen LogP contribution in [0.4, 0.5) is 16.2 Å². The Labute approximate surface area is 186 Å². The molecule has 7 heteroatoms. The van der Waals surface area contributed by atoms with Crippen LogP contribution in [0.1, 0.15) is 5.56 Å². The molecule has 0 bridgehead atoms. The Bertz CT molecular complexity index is 993. The van der Waals surface area contributed by atoms with Crippen LogP contribution < -0.4 is 20.3 Å². The average Bonchev–Trinajstić information content (AvgIpc) is 2.79. The molecule has 0 aliphatic heterocycles. The highest BCUT2D eigenvalue weighted by molar-refractivity contribution is 6.30. The molecule has 0 heterocycles. The van der Waals surface area contributed by atoms with E-state index in [1.165, 1.54) is 0 Å². The number of rotatable bonds is 8. The van der Waals surface area contributed by atoms with Crippen molar-refractivity contribution in [2.45, 2.75) is 6.42 Å². The van der Waals surface area contributed by atoms with E-state index in [4.69, 9.17) is 16.3 Å². The number of nitrogens with one attached hydrogen (secondary N) is 2. The second kappa shape index (κ2) is 11.0. The Balaban J connectivity index is 1.40. The van der Waals surface area contributed by atoms with Crippen LogP contribution in [-0.2, 0) is 11.2 Å². The molecule has 0 aromatic heterocycles. The normalized spacial score (nSPS) is 10.3. The highest BCUT2D eigenvalue weighted by atomic mass is 35.5. The van der Waals surface area contributed by atoms with Crippen LogP contribution in [0.15, 0.2) is 78.9 Å². The molecule has 0 aliphatic rings. The molecule has 0 radical (unpaired) electrons. The fourth-order valence-electron chi connectivity index (χ4n) is 2.83. The lowest BCUT2D eigenvalue weighted by atomic mass is 10.1. The smallest absolute Gasteiger partial charge is 0.319 e. The minimum Gasteiger partial charge on any atom is -0.492 e. The van der Waals surface area contributed by atoms with E-state index >= 15 is 0 Å². The van der Waals surface area contributed by atoms with E-state index in [1.807, 2.05) is 42.5 Å². The zero-order valence-electron chi connectivity index (χ0n) is 17.2. The predicted molar refractivity (Wildman–Crippen MR) is 124 cm³/mol. The first kappa shape index (κ1) is 22.2.